The van der Waals surface area contributed by atoms with Crippen molar-refractivity contribution in [3.8, 4) is 0 Å². The van der Waals surface area contributed by atoms with Crippen LogP contribution in [0, 0.1) is 0 Å². The molecule has 1 aromatic rings. The number of anilines is 1. The van der Waals surface area contributed by atoms with Crippen LogP contribution in [0.1, 0.15) is 44.0 Å². The molecule has 0 bridgehead atoms. The average molecular weight is 304 g/mol. The number of rotatable bonds is 3. The van der Waals surface area contributed by atoms with E-state index in [-0.39, 0.29) is 17.8 Å². The van der Waals surface area contributed by atoms with Crippen molar-refractivity contribution < 1.29 is 19.1 Å². The molecule has 6 nitrogen and oxygen atoms in total. The molecule has 1 heterocycles. The number of carbonyl (C=O) groups excluding carboxylic acids is 3. The summed E-state index contributed by atoms with van der Waals surface area (Å²) in [7, 11) is 0. The summed E-state index contributed by atoms with van der Waals surface area (Å²) >= 11 is 0. The first-order valence-electron chi connectivity index (χ1n) is 7.18. The summed E-state index contributed by atoms with van der Waals surface area (Å²) in [4.78, 5) is 34.7. The molecule has 0 spiro atoms. The molecule has 0 radical (unpaired) electrons. The Bertz CT molecular complexity index is 587. The van der Waals surface area contributed by atoms with Gasteiger partial charge in [0.05, 0.1) is 5.56 Å². The molecule has 1 aromatic carbocycles. The number of benzene rings is 1. The fourth-order valence-electron chi connectivity index (χ4n) is 2.07. The SMILES string of the molecule is CC(C)(C)OC(=O)c1ccc(NC2CCC(=O)NC2=O)cc1. The van der Waals surface area contributed by atoms with E-state index < -0.39 is 11.6 Å². The monoisotopic (exact) mass is 304 g/mol. The molecule has 0 saturated carbocycles. The van der Waals surface area contributed by atoms with E-state index in [9.17, 15) is 14.4 Å². The lowest BCUT2D eigenvalue weighted by Gasteiger charge is -2.23. The lowest BCUT2D eigenvalue weighted by atomic mass is 10.1. The van der Waals surface area contributed by atoms with Gasteiger partial charge in [0.2, 0.25) is 11.8 Å². The number of amides is 2. The van der Waals surface area contributed by atoms with Gasteiger partial charge >= 0.3 is 5.97 Å². The normalized spacial score (nSPS) is 18.6. The van der Waals surface area contributed by atoms with E-state index in [0.717, 1.165) is 0 Å². The Morgan fingerprint density at radius 3 is 2.41 bits per heavy atom. The van der Waals surface area contributed by atoms with Crippen molar-refractivity contribution >= 4 is 23.5 Å². The van der Waals surface area contributed by atoms with Crippen LogP contribution in [0.5, 0.6) is 0 Å². The van der Waals surface area contributed by atoms with E-state index in [0.29, 0.717) is 24.1 Å². The van der Waals surface area contributed by atoms with Gasteiger partial charge in [0, 0.05) is 12.1 Å². The maximum absolute atomic E-state index is 11.9. The lowest BCUT2D eigenvalue weighted by molar-refractivity contribution is -0.133. The Kier molecular flexibility index (Phi) is 4.49. The highest BCUT2D eigenvalue weighted by atomic mass is 16.6. The second-order valence-electron chi connectivity index (χ2n) is 6.23. The quantitative estimate of drug-likeness (QED) is 0.657. The van der Waals surface area contributed by atoms with Crippen LogP contribution in [-0.2, 0) is 14.3 Å². The highest BCUT2D eigenvalue weighted by Crippen LogP contribution is 2.17. The van der Waals surface area contributed by atoms with E-state index in [1.807, 2.05) is 20.8 Å². The van der Waals surface area contributed by atoms with E-state index in [1.165, 1.54) is 0 Å². The molecule has 22 heavy (non-hydrogen) atoms. The van der Waals surface area contributed by atoms with E-state index in [2.05, 4.69) is 10.6 Å². The van der Waals surface area contributed by atoms with E-state index >= 15 is 0 Å². The number of ether oxygens (including phenoxy) is 1. The first-order valence-corrected chi connectivity index (χ1v) is 7.18. The molecule has 1 fully saturated rings. The molecule has 118 valence electrons. The molecule has 2 amide bonds. The predicted octanol–water partition coefficient (Wildman–Crippen LogP) is 1.86. The van der Waals surface area contributed by atoms with Gasteiger partial charge in [-0.1, -0.05) is 0 Å². The molecule has 6 heteroatoms. The van der Waals surface area contributed by atoms with Gasteiger partial charge < -0.3 is 10.1 Å². The number of carbonyl (C=O) groups is 3. The third kappa shape index (κ3) is 4.31. The summed E-state index contributed by atoms with van der Waals surface area (Å²) in [6.07, 6.45) is 0.776. The van der Waals surface area contributed by atoms with Crippen LogP contribution in [0.25, 0.3) is 0 Å². The molecule has 2 N–H and O–H groups in total. The van der Waals surface area contributed by atoms with Gasteiger partial charge in [-0.3, -0.25) is 14.9 Å². The highest BCUT2D eigenvalue weighted by Gasteiger charge is 2.26. The maximum atomic E-state index is 11.9. The Labute approximate surface area is 129 Å². The third-order valence-electron chi connectivity index (χ3n) is 3.10. The maximum Gasteiger partial charge on any atom is 0.338 e. The molecular formula is C16H20N2O4. The van der Waals surface area contributed by atoms with Gasteiger partial charge in [0.25, 0.3) is 0 Å². The standard InChI is InChI=1S/C16H20N2O4/c1-16(2,3)22-15(21)10-4-6-11(7-5-10)17-12-8-9-13(19)18-14(12)20/h4-7,12,17H,8-9H2,1-3H3,(H,18,19,20). The number of hydrogen-bond acceptors (Lipinski definition) is 5. The zero-order chi connectivity index (χ0) is 16.3. The molecule has 1 saturated heterocycles. The fraction of sp³-hybridized carbons (Fsp3) is 0.438. The summed E-state index contributed by atoms with van der Waals surface area (Å²) < 4.78 is 5.28. The Hall–Kier alpha value is -2.37. The van der Waals surface area contributed by atoms with Crippen LogP contribution in [0.3, 0.4) is 0 Å². The zero-order valence-electron chi connectivity index (χ0n) is 12.9. The summed E-state index contributed by atoms with van der Waals surface area (Å²) in [5.74, 6) is -0.962. The number of piperidine rings is 1. The Morgan fingerprint density at radius 1 is 1.23 bits per heavy atom. The van der Waals surface area contributed by atoms with Crippen LogP contribution < -0.4 is 10.6 Å². The van der Waals surface area contributed by atoms with Gasteiger partial charge in [0.15, 0.2) is 0 Å². The first kappa shape index (κ1) is 16.0. The van der Waals surface area contributed by atoms with Crippen LogP contribution >= 0.6 is 0 Å². The summed E-state index contributed by atoms with van der Waals surface area (Å²) in [6.45, 7) is 5.43. The van der Waals surface area contributed by atoms with Gasteiger partial charge in [-0.05, 0) is 51.5 Å². The van der Waals surface area contributed by atoms with Crippen molar-refractivity contribution in [3.63, 3.8) is 0 Å². The van der Waals surface area contributed by atoms with Crippen LogP contribution in [0.15, 0.2) is 24.3 Å². The number of nitrogens with one attached hydrogen (secondary N) is 2. The van der Waals surface area contributed by atoms with Crippen molar-refractivity contribution in [1.82, 2.24) is 5.32 Å². The molecule has 2 rings (SSSR count). The van der Waals surface area contributed by atoms with Gasteiger partial charge in [0.1, 0.15) is 11.6 Å². The minimum atomic E-state index is -0.541. The number of esters is 1. The van der Waals surface area contributed by atoms with E-state index in [1.54, 1.807) is 24.3 Å². The molecule has 1 unspecified atom stereocenters. The average Bonchev–Trinajstić information content (AvgIpc) is 2.41. The van der Waals surface area contributed by atoms with Gasteiger partial charge in [-0.15, -0.1) is 0 Å². The summed E-state index contributed by atoms with van der Waals surface area (Å²) in [6, 6.07) is 6.27. The topological polar surface area (TPSA) is 84.5 Å². The molecule has 1 aliphatic rings. The Balaban J connectivity index is 1.99. The molecule has 0 aliphatic carbocycles. The molecule has 0 aromatic heterocycles. The number of hydrogen-bond donors (Lipinski definition) is 2. The van der Waals surface area contributed by atoms with Crippen LogP contribution in [0.2, 0.25) is 0 Å². The van der Waals surface area contributed by atoms with Crippen molar-refractivity contribution in [2.45, 2.75) is 45.3 Å². The van der Waals surface area contributed by atoms with Crippen LogP contribution in [-0.4, -0.2) is 29.4 Å². The predicted molar refractivity (Wildman–Crippen MR) is 81.4 cm³/mol. The second kappa shape index (κ2) is 6.17. The van der Waals surface area contributed by atoms with E-state index in [4.69, 9.17) is 4.74 Å². The zero-order valence-corrected chi connectivity index (χ0v) is 12.9. The van der Waals surface area contributed by atoms with Crippen molar-refractivity contribution in [1.29, 1.82) is 0 Å². The van der Waals surface area contributed by atoms with Crippen molar-refractivity contribution in [3.05, 3.63) is 29.8 Å². The lowest BCUT2D eigenvalue weighted by Crippen LogP contribution is -2.47. The summed E-state index contributed by atoms with van der Waals surface area (Å²) in [5.41, 5.74) is 0.617. The van der Waals surface area contributed by atoms with Gasteiger partial charge in [-0.2, -0.15) is 0 Å². The minimum absolute atomic E-state index is 0.247. The second-order valence-corrected chi connectivity index (χ2v) is 6.23. The molecule has 1 atom stereocenters. The molecule has 1 aliphatic heterocycles. The minimum Gasteiger partial charge on any atom is -0.456 e. The summed E-state index contributed by atoms with van der Waals surface area (Å²) in [5, 5.41) is 5.34. The van der Waals surface area contributed by atoms with Crippen molar-refractivity contribution in [2.75, 3.05) is 5.32 Å². The largest absolute Gasteiger partial charge is 0.456 e. The highest BCUT2D eigenvalue weighted by molar-refractivity contribution is 6.01. The first-order chi connectivity index (χ1) is 10.2. The smallest absolute Gasteiger partial charge is 0.338 e. The molecular weight excluding hydrogens is 284 g/mol. The van der Waals surface area contributed by atoms with Crippen LogP contribution in [0.4, 0.5) is 5.69 Å². The van der Waals surface area contributed by atoms with Gasteiger partial charge in [-0.25, -0.2) is 4.79 Å². The fourth-order valence-corrected chi connectivity index (χ4v) is 2.07. The van der Waals surface area contributed by atoms with Crippen molar-refractivity contribution in [2.24, 2.45) is 0 Å². The Morgan fingerprint density at radius 2 is 1.86 bits per heavy atom. The number of imide groups is 1. The third-order valence-corrected chi connectivity index (χ3v) is 3.10.